The summed E-state index contributed by atoms with van der Waals surface area (Å²) in [5.74, 6) is -0.268. The molecule has 6 nitrogen and oxygen atoms in total. The largest absolute Gasteiger partial charge is 0.468 e. The second kappa shape index (κ2) is 5.81. The molecular formula is C10H13BrN2O4. The fraction of sp³-hybridized carbons (Fsp3) is 0.500. The van der Waals surface area contributed by atoms with Crippen molar-refractivity contribution >= 4 is 27.8 Å². The molecular weight excluding hydrogens is 292 g/mol. The predicted octanol–water partition coefficient (Wildman–Crippen LogP) is 0.958. The number of ether oxygens (including phenoxy) is 1. The number of esters is 1. The zero-order valence-corrected chi connectivity index (χ0v) is 11.3. The van der Waals surface area contributed by atoms with E-state index in [-0.39, 0.29) is 12.3 Å². The molecule has 17 heavy (non-hydrogen) atoms. The lowest BCUT2D eigenvalue weighted by Crippen LogP contribution is -2.34. The van der Waals surface area contributed by atoms with Gasteiger partial charge >= 0.3 is 5.97 Å². The molecule has 1 atom stereocenters. The molecule has 1 amide bonds. The number of carbonyl (C=O) groups excluding carboxylic acids is 2. The summed E-state index contributed by atoms with van der Waals surface area (Å²) in [5, 5.41) is 2.55. The highest BCUT2D eigenvalue weighted by molar-refractivity contribution is 9.10. The maximum atomic E-state index is 11.7. The molecule has 94 valence electrons. The van der Waals surface area contributed by atoms with Crippen LogP contribution in [0.3, 0.4) is 0 Å². The predicted molar refractivity (Wildman–Crippen MR) is 63.0 cm³/mol. The summed E-state index contributed by atoms with van der Waals surface area (Å²) >= 11 is 3.09. The normalized spacial score (nSPS) is 12.0. The third-order valence-electron chi connectivity index (χ3n) is 2.01. The van der Waals surface area contributed by atoms with Crippen LogP contribution in [0.2, 0.25) is 0 Å². The maximum Gasteiger partial charge on any atom is 0.321 e. The quantitative estimate of drug-likeness (QED) is 0.662. The number of hydrogen-bond acceptors (Lipinski definition) is 5. The smallest absolute Gasteiger partial charge is 0.321 e. The van der Waals surface area contributed by atoms with E-state index in [1.807, 2.05) is 0 Å². The molecule has 0 radical (unpaired) electrons. The molecule has 0 aliphatic heterocycles. The molecule has 0 saturated carbocycles. The lowest BCUT2D eigenvalue weighted by molar-refractivity contribution is -0.139. The zero-order chi connectivity index (χ0) is 13.0. The van der Waals surface area contributed by atoms with Crippen LogP contribution in [-0.2, 0) is 9.53 Å². The number of aryl methyl sites for hydroxylation is 2. The molecule has 0 aliphatic carbocycles. The summed E-state index contributed by atoms with van der Waals surface area (Å²) in [4.78, 5) is 26.1. The van der Waals surface area contributed by atoms with Crippen LogP contribution in [0.15, 0.2) is 4.42 Å². The summed E-state index contributed by atoms with van der Waals surface area (Å²) in [6.45, 7) is 3.45. The molecule has 0 bridgehead atoms. The minimum Gasteiger partial charge on any atom is -0.468 e. The Kier molecular flexibility index (Phi) is 4.68. The molecule has 0 aliphatic rings. The third-order valence-corrected chi connectivity index (χ3v) is 2.71. The highest BCUT2D eigenvalue weighted by atomic mass is 79.9. The van der Waals surface area contributed by atoms with E-state index in [0.29, 0.717) is 11.6 Å². The van der Waals surface area contributed by atoms with Gasteiger partial charge in [-0.1, -0.05) is 15.9 Å². The van der Waals surface area contributed by atoms with Crippen molar-refractivity contribution in [2.24, 2.45) is 0 Å². The highest BCUT2D eigenvalue weighted by Crippen LogP contribution is 2.09. The summed E-state index contributed by atoms with van der Waals surface area (Å²) in [5.41, 5.74) is 0.518. The van der Waals surface area contributed by atoms with Gasteiger partial charge in [0.05, 0.1) is 12.8 Å². The van der Waals surface area contributed by atoms with E-state index >= 15 is 0 Å². The summed E-state index contributed by atoms with van der Waals surface area (Å²) < 4.78 is 9.65. The van der Waals surface area contributed by atoms with E-state index in [2.05, 4.69) is 31.0 Å². The first-order chi connectivity index (χ1) is 7.95. The number of halogens is 1. The number of aromatic nitrogens is 1. The molecule has 1 N–H and O–H groups in total. The van der Waals surface area contributed by atoms with Gasteiger partial charge in [0.25, 0.3) is 5.91 Å². The number of carbonyl (C=O) groups is 2. The molecule has 1 rings (SSSR count). The summed E-state index contributed by atoms with van der Waals surface area (Å²) in [6.07, 6.45) is 0. The van der Waals surface area contributed by atoms with Gasteiger partial charge in [-0.15, -0.1) is 0 Å². The van der Waals surface area contributed by atoms with Crippen LogP contribution in [0.1, 0.15) is 22.1 Å². The van der Waals surface area contributed by atoms with Crippen molar-refractivity contribution in [2.45, 2.75) is 18.7 Å². The monoisotopic (exact) mass is 304 g/mol. The Morgan fingerprint density at radius 1 is 1.53 bits per heavy atom. The summed E-state index contributed by atoms with van der Waals surface area (Å²) in [7, 11) is 1.28. The van der Waals surface area contributed by atoms with Gasteiger partial charge < -0.3 is 14.5 Å². The minimum atomic E-state index is -0.583. The van der Waals surface area contributed by atoms with E-state index in [0.717, 1.165) is 0 Å². The molecule has 1 aromatic heterocycles. The van der Waals surface area contributed by atoms with Crippen LogP contribution in [0.5, 0.6) is 0 Å². The topological polar surface area (TPSA) is 81.4 Å². The lowest BCUT2D eigenvalue weighted by atomic mass is 10.3. The van der Waals surface area contributed by atoms with E-state index in [4.69, 9.17) is 4.42 Å². The van der Waals surface area contributed by atoms with Gasteiger partial charge in [0.2, 0.25) is 5.76 Å². The Morgan fingerprint density at radius 3 is 2.65 bits per heavy atom. The van der Waals surface area contributed by atoms with Crippen LogP contribution >= 0.6 is 15.9 Å². The van der Waals surface area contributed by atoms with Gasteiger partial charge in [0.15, 0.2) is 5.89 Å². The van der Waals surface area contributed by atoms with Crippen molar-refractivity contribution in [1.29, 1.82) is 0 Å². The molecule has 0 fully saturated rings. The SMILES string of the molecule is COC(=O)C(Br)CNC(=O)c1oc(C)nc1C. The van der Waals surface area contributed by atoms with Crippen LogP contribution in [0.4, 0.5) is 0 Å². The molecule has 0 aromatic carbocycles. The summed E-state index contributed by atoms with van der Waals surface area (Å²) in [6, 6.07) is 0. The molecule has 1 heterocycles. The van der Waals surface area contributed by atoms with Gasteiger partial charge in [-0.25, -0.2) is 4.98 Å². The number of hydrogen-bond donors (Lipinski definition) is 1. The fourth-order valence-electron chi connectivity index (χ4n) is 1.22. The van der Waals surface area contributed by atoms with Gasteiger partial charge in [-0.2, -0.15) is 0 Å². The Morgan fingerprint density at radius 2 is 2.18 bits per heavy atom. The van der Waals surface area contributed by atoms with E-state index in [1.54, 1.807) is 13.8 Å². The Hall–Kier alpha value is -1.37. The van der Waals surface area contributed by atoms with Crippen molar-refractivity contribution in [1.82, 2.24) is 10.3 Å². The Bertz CT molecular complexity index is 430. The highest BCUT2D eigenvalue weighted by Gasteiger charge is 2.19. The average molecular weight is 305 g/mol. The maximum absolute atomic E-state index is 11.7. The van der Waals surface area contributed by atoms with Crippen molar-refractivity contribution in [3.05, 3.63) is 17.3 Å². The molecule has 7 heteroatoms. The number of rotatable bonds is 4. The first kappa shape index (κ1) is 13.7. The van der Waals surface area contributed by atoms with Crippen LogP contribution in [-0.4, -0.2) is 35.3 Å². The molecule has 1 aromatic rings. The number of oxazole rings is 1. The molecule has 1 unspecified atom stereocenters. The Balaban J connectivity index is 2.56. The number of amides is 1. The minimum absolute atomic E-state index is 0.116. The third kappa shape index (κ3) is 3.55. The number of methoxy groups -OCH3 is 1. The van der Waals surface area contributed by atoms with E-state index < -0.39 is 16.7 Å². The first-order valence-corrected chi connectivity index (χ1v) is 5.81. The van der Waals surface area contributed by atoms with Gasteiger partial charge in [0, 0.05) is 13.5 Å². The number of nitrogens with zero attached hydrogens (tertiary/aromatic N) is 1. The van der Waals surface area contributed by atoms with Crippen molar-refractivity contribution in [2.75, 3.05) is 13.7 Å². The average Bonchev–Trinajstić information content (AvgIpc) is 2.63. The lowest BCUT2D eigenvalue weighted by Gasteiger charge is -2.08. The number of alkyl halides is 1. The van der Waals surface area contributed by atoms with Crippen LogP contribution < -0.4 is 5.32 Å². The van der Waals surface area contributed by atoms with E-state index in [9.17, 15) is 9.59 Å². The van der Waals surface area contributed by atoms with Crippen LogP contribution in [0.25, 0.3) is 0 Å². The first-order valence-electron chi connectivity index (χ1n) is 4.89. The Labute approximate surface area is 107 Å². The van der Waals surface area contributed by atoms with E-state index in [1.165, 1.54) is 7.11 Å². The van der Waals surface area contributed by atoms with Crippen LogP contribution in [0, 0.1) is 13.8 Å². The second-order valence-electron chi connectivity index (χ2n) is 3.35. The second-order valence-corrected chi connectivity index (χ2v) is 4.45. The standard InChI is InChI=1S/C10H13BrN2O4/c1-5-8(17-6(2)13-5)9(14)12-4-7(11)10(15)16-3/h7H,4H2,1-3H3,(H,12,14). The van der Waals surface area contributed by atoms with Crippen molar-refractivity contribution < 1.29 is 18.7 Å². The van der Waals surface area contributed by atoms with Crippen molar-refractivity contribution in [3.8, 4) is 0 Å². The zero-order valence-electron chi connectivity index (χ0n) is 9.74. The van der Waals surface area contributed by atoms with Crippen molar-refractivity contribution in [3.63, 3.8) is 0 Å². The molecule has 0 spiro atoms. The number of nitrogens with one attached hydrogen (secondary N) is 1. The van der Waals surface area contributed by atoms with Gasteiger partial charge in [-0.05, 0) is 6.92 Å². The molecule has 0 saturated heterocycles. The fourth-order valence-corrected chi connectivity index (χ4v) is 1.56. The van der Waals surface area contributed by atoms with Gasteiger partial charge in [0.1, 0.15) is 4.83 Å². The van der Waals surface area contributed by atoms with Gasteiger partial charge in [-0.3, -0.25) is 9.59 Å².